The van der Waals surface area contributed by atoms with Crippen molar-refractivity contribution in [2.24, 2.45) is 5.92 Å². The SMILES string of the molecule is O=C(NNC(=O)C1CCCCC1)c1ccc2c(c1)CCCC2. The Morgan fingerprint density at radius 2 is 1.59 bits per heavy atom. The molecule has 1 saturated carbocycles. The van der Waals surface area contributed by atoms with Crippen molar-refractivity contribution in [2.75, 3.05) is 0 Å². The van der Waals surface area contributed by atoms with Crippen LogP contribution in [0.15, 0.2) is 18.2 Å². The molecule has 0 radical (unpaired) electrons. The minimum Gasteiger partial charge on any atom is -0.273 e. The van der Waals surface area contributed by atoms with E-state index in [0.29, 0.717) is 5.56 Å². The maximum Gasteiger partial charge on any atom is 0.269 e. The molecule has 2 aliphatic rings. The third kappa shape index (κ3) is 3.49. The monoisotopic (exact) mass is 300 g/mol. The first-order valence-corrected chi connectivity index (χ1v) is 8.46. The molecule has 0 spiro atoms. The average Bonchev–Trinajstić information content (AvgIpc) is 2.59. The lowest BCUT2D eigenvalue weighted by molar-refractivity contribution is -0.126. The van der Waals surface area contributed by atoms with E-state index in [2.05, 4.69) is 10.9 Å². The van der Waals surface area contributed by atoms with Crippen LogP contribution in [0.25, 0.3) is 0 Å². The summed E-state index contributed by atoms with van der Waals surface area (Å²) in [5.41, 5.74) is 8.42. The van der Waals surface area contributed by atoms with Gasteiger partial charge in [-0.15, -0.1) is 0 Å². The van der Waals surface area contributed by atoms with E-state index < -0.39 is 0 Å². The summed E-state index contributed by atoms with van der Waals surface area (Å²) in [6, 6.07) is 5.87. The van der Waals surface area contributed by atoms with Gasteiger partial charge in [-0.3, -0.25) is 20.4 Å². The summed E-state index contributed by atoms with van der Waals surface area (Å²) in [7, 11) is 0. The Morgan fingerprint density at radius 1 is 0.864 bits per heavy atom. The van der Waals surface area contributed by atoms with Gasteiger partial charge < -0.3 is 0 Å². The van der Waals surface area contributed by atoms with Gasteiger partial charge >= 0.3 is 0 Å². The number of carbonyl (C=O) groups is 2. The van der Waals surface area contributed by atoms with Crippen LogP contribution in [0.5, 0.6) is 0 Å². The van der Waals surface area contributed by atoms with Gasteiger partial charge in [-0.2, -0.15) is 0 Å². The normalized spacial score (nSPS) is 18.4. The highest BCUT2D eigenvalue weighted by molar-refractivity contribution is 5.95. The van der Waals surface area contributed by atoms with E-state index in [4.69, 9.17) is 0 Å². The topological polar surface area (TPSA) is 58.2 Å². The molecule has 0 heterocycles. The van der Waals surface area contributed by atoms with Gasteiger partial charge in [0, 0.05) is 11.5 Å². The molecule has 1 aromatic carbocycles. The van der Waals surface area contributed by atoms with Gasteiger partial charge in [0.15, 0.2) is 0 Å². The zero-order valence-corrected chi connectivity index (χ0v) is 13.0. The van der Waals surface area contributed by atoms with Gasteiger partial charge in [0.1, 0.15) is 0 Å². The number of hydrogen-bond acceptors (Lipinski definition) is 2. The van der Waals surface area contributed by atoms with Crippen LogP contribution >= 0.6 is 0 Å². The van der Waals surface area contributed by atoms with Gasteiger partial charge in [0.25, 0.3) is 5.91 Å². The number of rotatable bonds is 2. The number of fused-ring (bicyclic) bond motifs is 1. The maximum atomic E-state index is 12.2. The molecule has 0 atom stereocenters. The van der Waals surface area contributed by atoms with Crippen molar-refractivity contribution in [1.82, 2.24) is 10.9 Å². The van der Waals surface area contributed by atoms with Crippen molar-refractivity contribution < 1.29 is 9.59 Å². The first kappa shape index (κ1) is 15.1. The number of aryl methyl sites for hydroxylation is 2. The minimum atomic E-state index is -0.225. The van der Waals surface area contributed by atoms with Crippen LogP contribution in [0.2, 0.25) is 0 Å². The van der Waals surface area contributed by atoms with Crippen LogP contribution in [0.4, 0.5) is 0 Å². The zero-order valence-electron chi connectivity index (χ0n) is 13.0. The fourth-order valence-electron chi connectivity index (χ4n) is 3.53. The third-order valence-corrected chi connectivity index (χ3v) is 4.89. The lowest BCUT2D eigenvalue weighted by atomic mass is 9.89. The highest BCUT2D eigenvalue weighted by Gasteiger charge is 2.21. The molecule has 1 fully saturated rings. The predicted molar refractivity (Wildman–Crippen MR) is 85.3 cm³/mol. The minimum absolute atomic E-state index is 0.0500. The van der Waals surface area contributed by atoms with Gasteiger partial charge in [0.2, 0.25) is 5.91 Å². The van der Waals surface area contributed by atoms with E-state index in [9.17, 15) is 9.59 Å². The third-order valence-electron chi connectivity index (χ3n) is 4.89. The summed E-state index contributed by atoms with van der Waals surface area (Å²) < 4.78 is 0. The predicted octanol–water partition coefficient (Wildman–Crippen LogP) is 2.91. The molecule has 2 aliphatic carbocycles. The Bertz CT molecular complexity index is 562. The van der Waals surface area contributed by atoms with Crippen molar-refractivity contribution >= 4 is 11.8 Å². The first-order valence-electron chi connectivity index (χ1n) is 8.46. The summed E-state index contributed by atoms with van der Waals surface area (Å²) in [6.07, 6.45) is 9.87. The summed E-state index contributed by atoms with van der Waals surface area (Å²) >= 11 is 0. The second kappa shape index (κ2) is 6.95. The van der Waals surface area contributed by atoms with E-state index in [1.807, 2.05) is 18.2 Å². The second-order valence-corrected chi connectivity index (χ2v) is 6.47. The second-order valence-electron chi connectivity index (χ2n) is 6.47. The molecular formula is C18H24N2O2. The number of hydrazine groups is 1. The van der Waals surface area contributed by atoms with Gasteiger partial charge in [-0.1, -0.05) is 25.3 Å². The molecule has 4 heteroatoms. The Hall–Kier alpha value is -1.84. The molecule has 0 aliphatic heterocycles. The van der Waals surface area contributed by atoms with Gasteiger partial charge in [-0.25, -0.2) is 0 Å². The van der Waals surface area contributed by atoms with Gasteiger partial charge in [-0.05, 0) is 61.8 Å². The van der Waals surface area contributed by atoms with Crippen LogP contribution in [-0.4, -0.2) is 11.8 Å². The van der Waals surface area contributed by atoms with E-state index >= 15 is 0 Å². The molecular weight excluding hydrogens is 276 g/mol. The van der Waals surface area contributed by atoms with Crippen LogP contribution in [0.1, 0.15) is 66.4 Å². The molecule has 4 nitrogen and oxygen atoms in total. The zero-order chi connectivity index (χ0) is 15.4. The molecule has 2 N–H and O–H groups in total. The van der Waals surface area contributed by atoms with Crippen LogP contribution < -0.4 is 10.9 Å². The molecule has 0 saturated heterocycles. The molecule has 0 aromatic heterocycles. The fourth-order valence-corrected chi connectivity index (χ4v) is 3.53. The van der Waals surface area contributed by atoms with Crippen molar-refractivity contribution in [3.63, 3.8) is 0 Å². The molecule has 1 aromatic rings. The molecule has 3 rings (SSSR count). The molecule has 0 bridgehead atoms. The van der Waals surface area contributed by atoms with Gasteiger partial charge in [0.05, 0.1) is 0 Å². The lowest BCUT2D eigenvalue weighted by Crippen LogP contribution is -2.45. The largest absolute Gasteiger partial charge is 0.273 e. The quantitative estimate of drug-likeness (QED) is 0.825. The van der Waals surface area contributed by atoms with E-state index in [-0.39, 0.29) is 17.7 Å². The van der Waals surface area contributed by atoms with Crippen LogP contribution in [-0.2, 0) is 17.6 Å². The summed E-state index contributed by atoms with van der Waals surface area (Å²) in [5.74, 6) is -0.221. The summed E-state index contributed by atoms with van der Waals surface area (Å²) in [4.78, 5) is 24.2. The molecule has 0 unspecified atom stereocenters. The lowest BCUT2D eigenvalue weighted by Gasteiger charge is -2.21. The van der Waals surface area contributed by atoms with E-state index in [0.717, 1.165) is 38.5 Å². The Kier molecular flexibility index (Phi) is 4.76. The highest BCUT2D eigenvalue weighted by Crippen LogP contribution is 2.24. The number of amides is 2. The van der Waals surface area contributed by atoms with Crippen LogP contribution in [0.3, 0.4) is 0 Å². The Balaban J connectivity index is 1.56. The first-order chi connectivity index (χ1) is 10.7. The number of nitrogens with one attached hydrogen (secondary N) is 2. The fraction of sp³-hybridized carbons (Fsp3) is 0.556. The smallest absolute Gasteiger partial charge is 0.269 e. The van der Waals surface area contributed by atoms with E-state index in [1.54, 1.807) is 0 Å². The van der Waals surface area contributed by atoms with Crippen molar-refractivity contribution in [3.8, 4) is 0 Å². The Labute approximate surface area is 131 Å². The van der Waals surface area contributed by atoms with Crippen molar-refractivity contribution in [1.29, 1.82) is 0 Å². The average molecular weight is 300 g/mol. The Morgan fingerprint density at radius 3 is 2.36 bits per heavy atom. The summed E-state index contributed by atoms with van der Waals surface area (Å²) in [6.45, 7) is 0. The van der Waals surface area contributed by atoms with E-state index in [1.165, 1.54) is 30.4 Å². The van der Waals surface area contributed by atoms with Crippen molar-refractivity contribution in [3.05, 3.63) is 34.9 Å². The highest BCUT2D eigenvalue weighted by atomic mass is 16.2. The number of benzene rings is 1. The number of carbonyl (C=O) groups excluding carboxylic acids is 2. The summed E-state index contributed by atoms with van der Waals surface area (Å²) in [5, 5.41) is 0. The molecule has 118 valence electrons. The van der Waals surface area contributed by atoms with Crippen LogP contribution in [0, 0.1) is 5.92 Å². The van der Waals surface area contributed by atoms with Crippen molar-refractivity contribution in [2.45, 2.75) is 57.8 Å². The number of hydrogen-bond donors (Lipinski definition) is 2. The maximum absolute atomic E-state index is 12.2. The standard InChI is InChI=1S/C18H24N2O2/c21-17(14-7-2-1-3-8-14)19-20-18(22)16-11-10-13-6-4-5-9-15(13)12-16/h10-12,14H,1-9H2,(H,19,21)(H,20,22). The molecule has 22 heavy (non-hydrogen) atoms. The molecule has 2 amide bonds.